The third-order valence-electron chi connectivity index (χ3n) is 5.23. The van der Waals surface area contributed by atoms with Crippen molar-refractivity contribution in [1.29, 1.82) is 0 Å². The molecule has 3 heterocycles. The summed E-state index contributed by atoms with van der Waals surface area (Å²) in [6, 6.07) is 6.64. The Balaban J connectivity index is 1.48. The van der Waals surface area contributed by atoms with Crippen molar-refractivity contribution >= 4 is 0 Å². The predicted octanol–water partition coefficient (Wildman–Crippen LogP) is 4.33. The second kappa shape index (κ2) is 8.22. The maximum absolute atomic E-state index is 12.7. The zero-order chi connectivity index (χ0) is 22.2. The van der Waals surface area contributed by atoms with E-state index in [1.165, 1.54) is 12.3 Å². The minimum atomic E-state index is -4.77. The summed E-state index contributed by atoms with van der Waals surface area (Å²) in [7, 11) is 0. The van der Waals surface area contributed by atoms with E-state index in [-0.39, 0.29) is 0 Å². The summed E-state index contributed by atoms with van der Waals surface area (Å²) in [5, 5.41) is 9.35. The summed E-state index contributed by atoms with van der Waals surface area (Å²) in [6.45, 7) is 4.17. The monoisotopic (exact) mass is 430 g/mol. The molecule has 162 valence electrons. The molecule has 9 heteroatoms. The Bertz CT molecular complexity index is 1060. The van der Waals surface area contributed by atoms with Gasteiger partial charge in [-0.05, 0) is 38.0 Å². The standard InChI is InChI=1S/C22H21F3N4O2/c1-12-3-5-18(27-8-12)16-7-15(16)11-31-21-17(10-26-13(2)29-21)14-4-6-19(28-9-14)20(30)22(23,24)25/h3-6,8-10,15-16,20,30H,7,11H2,1-2H3. The molecule has 3 atom stereocenters. The average Bonchev–Trinajstić information content (AvgIpc) is 3.51. The van der Waals surface area contributed by atoms with Crippen LogP contribution in [0.2, 0.25) is 0 Å². The molecule has 0 aliphatic heterocycles. The lowest BCUT2D eigenvalue weighted by molar-refractivity contribution is -0.207. The minimum absolute atomic E-state index is 0.320. The SMILES string of the molecule is Cc1ccc(C2CC2COc2nc(C)ncc2-c2ccc(C(O)C(F)(F)F)nc2)nc1. The molecule has 3 aromatic heterocycles. The van der Waals surface area contributed by atoms with Crippen LogP contribution in [0.1, 0.15) is 41.2 Å². The Kier molecular flexibility index (Phi) is 5.62. The zero-order valence-electron chi connectivity index (χ0n) is 17.0. The van der Waals surface area contributed by atoms with Gasteiger partial charge in [-0.15, -0.1) is 0 Å². The third-order valence-corrected chi connectivity index (χ3v) is 5.23. The Morgan fingerprint density at radius 1 is 1.06 bits per heavy atom. The molecule has 0 spiro atoms. The Morgan fingerprint density at radius 2 is 1.87 bits per heavy atom. The summed E-state index contributed by atoms with van der Waals surface area (Å²) in [5.74, 6) is 1.53. The van der Waals surface area contributed by atoms with Crippen molar-refractivity contribution in [3.63, 3.8) is 0 Å². The summed E-state index contributed by atoms with van der Waals surface area (Å²) in [5.41, 5.74) is 2.71. The molecule has 3 aromatic rings. The van der Waals surface area contributed by atoms with E-state index in [0.29, 0.717) is 41.3 Å². The maximum atomic E-state index is 12.7. The van der Waals surface area contributed by atoms with Crippen LogP contribution in [0.4, 0.5) is 13.2 Å². The van der Waals surface area contributed by atoms with Crippen LogP contribution in [0.3, 0.4) is 0 Å². The molecule has 1 aliphatic rings. The molecule has 1 aliphatic carbocycles. The topological polar surface area (TPSA) is 81.0 Å². The molecular weight excluding hydrogens is 409 g/mol. The van der Waals surface area contributed by atoms with E-state index in [0.717, 1.165) is 23.7 Å². The van der Waals surface area contributed by atoms with Gasteiger partial charge in [0, 0.05) is 41.7 Å². The number of aliphatic hydroxyl groups excluding tert-OH is 1. The predicted molar refractivity (Wildman–Crippen MR) is 106 cm³/mol. The highest BCUT2D eigenvalue weighted by Crippen LogP contribution is 2.47. The molecule has 31 heavy (non-hydrogen) atoms. The maximum Gasteiger partial charge on any atom is 0.420 e. The van der Waals surface area contributed by atoms with Crippen LogP contribution < -0.4 is 4.74 Å². The van der Waals surface area contributed by atoms with Crippen LogP contribution >= 0.6 is 0 Å². The van der Waals surface area contributed by atoms with E-state index in [1.54, 1.807) is 13.1 Å². The molecule has 1 N–H and O–H groups in total. The van der Waals surface area contributed by atoms with Gasteiger partial charge in [-0.25, -0.2) is 4.98 Å². The molecule has 0 bridgehead atoms. The van der Waals surface area contributed by atoms with Crippen LogP contribution in [-0.4, -0.2) is 37.8 Å². The molecular formula is C22H21F3N4O2. The Hall–Kier alpha value is -3.07. The summed E-state index contributed by atoms with van der Waals surface area (Å²) >= 11 is 0. The zero-order valence-corrected chi connectivity index (χ0v) is 17.0. The van der Waals surface area contributed by atoms with Gasteiger partial charge in [-0.2, -0.15) is 18.2 Å². The number of aliphatic hydroxyl groups is 1. The summed E-state index contributed by atoms with van der Waals surface area (Å²) in [6.07, 6.45) is -1.77. The Labute approximate surface area is 177 Å². The minimum Gasteiger partial charge on any atom is -0.477 e. The fourth-order valence-corrected chi connectivity index (χ4v) is 3.33. The number of hydrogen-bond acceptors (Lipinski definition) is 6. The van der Waals surface area contributed by atoms with Gasteiger partial charge in [0.15, 0.2) is 6.10 Å². The Morgan fingerprint density at radius 3 is 2.52 bits per heavy atom. The van der Waals surface area contributed by atoms with Crippen molar-refractivity contribution in [2.75, 3.05) is 6.61 Å². The number of pyridine rings is 2. The number of halogens is 3. The van der Waals surface area contributed by atoms with Crippen molar-refractivity contribution in [3.05, 3.63) is 65.6 Å². The quantitative estimate of drug-likeness (QED) is 0.627. The van der Waals surface area contributed by atoms with E-state index < -0.39 is 18.0 Å². The first kappa shape index (κ1) is 21.2. The number of ether oxygens (including phenoxy) is 1. The largest absolute Gasteiger partial charge is 0.477 e. The summed E-state index contributed by atoms with van der Waals surface area (Å²) < 4.78 is 44.0. The lowest BCUT2D eigenvalue weighted by atomic mass is 10.1. The molecule has 6 nitrogen and oxygen atoms in total. The van der Waals surface area contributed by atoms with Crippen LogP contribution in [0.25, 0.3) is 11.1 Å². The van der Waals surface area contributed by atoms with Gasteiger partial charge < -0.3 is 9.84 Å². The number of rotatable bonds is 6. The number of aryl methyl sites for hydroxylation is 2. The molecule has 0 amide bonds. The average molecular weight is 430 g/mol. The second-order valence-electron chi connectivity index (χ2n) is 7.73. The van der Waals surface area contributed by atoms with Crippen LogP contribution in [-0.2, 0) is 0 Å². The highest BCUT2D eigenvalue weighted by Gasteiger charge is 2.41. The van der Waals surface area contributed by atoms with E-state index in [2.05, 4.69) is 19.9 Å². The fraction of sp³-hybridized carbons (Fsp3) is 0.364. The van der Waals surface area contributed by atoms with E-state index in [4.69, 9.17) is 4.74 Å². The number of hydrogen-bond donors (Lipinski definition) is 1. The van der Waals surface area contributed by atoms with Gasteiger partial charge >= 0.3 is 6.18 Å². The molecule has 0 saturated heterocycles. The lowest BCUT2D eigenvalue weighted by Gasteiger charge is -2.15. The number of nitrogens with zero attached hydrogens (tertiary/aromatic N) is 4. The van der Waals surface area contributed by atoms with E-state index >= 15 is 0 Å². The van der Waals surface area contributed by atoms with Crippen molar-refractivity contribution in [2.24, 2.45) is 5.92 Å². The van der Waals surface area contributed by atoms with Gasteiger partial charge in [0.25, 0.3) is 0 Å². The van der Waals surface area contributed by atoms with E-state index in [1.807, 2.05) is 25.3 Å². The molecule has 1 fully saturated rings. The first-order chi connectivity index (χ1) is 14.7. The molecule has 0 radical (unpaired) electrons. The normalized spacial score (nSPS) is 19.2. The second-order valence-corrected chi connectivity index (χ2v) is 7.73. The van der Waals surface area contributed by atoms with Crippen molar-refractivity contribution in [2.45, 2.75) is 38.5 Å². The van der Waals surface area contributed by atoms with Crippen molar-refractivity contribution in [1.82, 2.24) is 19.9 Å². The first-order valence-electron chi connectivity index (χ1n) is 9.82. The van der Waals surface area contributed by atoms with Crippen LogP contribution in [0, 0.1) is 19.8 Å². The fourth-order valence-electron chi connectivity index (χ4n) is 3.33. The van der Waals surface area contributed by atoms with Crippen LogP contribution in [0.15, 0.2) is 42.9 Å². The smallest absolute Gasteiger partial charge is 0.420 e. The van der Waals surface area contributed by atoms with Crippen molar-refractivity contribution in [3.8, 4) is 17.0 Å². The van der Waals surface area contributed by atoms with Gasteiger partial charge in [-0.3, -0.25) is 9.97 Å². The highest BCUT2D eigenvalue weighted by molar-refractivity contribution is 5.66. The molecule has 4 rings (SSSR count). The third kappa shape index (κ3) is 4.82. The van der Waals surface area contributed by atoms with Gasteiger partial charge in [0.2, 0.25) is 5.88 Å². The van der Waals surface area contributed by atoms with Crippen LogP contribution in [0.5, 0.6) is 5.88 Å². The van der Waals surface area contributed by atoms with Gasteiger partial charge in [-0.1, -0.05) is 12.1 Å². The highest BCUT2D eigenvalue weighted by atomic mass is 19.4. The first-order valence-corrected chi connectivity index (χ1v) is 9.82. The van der Waals surface area contributed by atoms with Gasteiger partial charge in [0.1, 0.15) is 5.82 Å². The van der Waals surface area contributed by atoms with Crippen molar-refractivity contribution < 1.29 is 23.0 Å². The summed E-state index contributed by atoms with van der Waals surface area (Å²) in [4.78, 5) is 16.8. The molecule has 3 unspecified atom stereocenters. The van der Waals surface area contributed by atoms with E-state index in [9.17, 15) is 18.3 Å². The van der Waals surface area contributed by atoms with Gasteiger partial charge in [0.05, 0.1) is 17.9 Å². The molecule has 0 aromatic carbocycles. The number of aromatic nitrogens is 4. The lowest BCUT2D eigenvalue weighted by Crippen LogP contribution is -2.21. The number of alkyl halides is 3. The molecule has 1 saturated carbocycles.